The molecular formula is C37H30P2. The van der Waals surface area contributed by atoms with Gasteiger partial charge in [-0.2, -0.15) is 0 Å². The Hall–Kier alpha value is -3.82. The zero-order valence-corrected chi connectivity index (χ0v) is 23.8. The van der Waals surface area contributed by atoms with Gasteiger partial charge in [0, 0.05) is 0 Å². The first-order valence-electron chi connectivity index (χ1n) is 13.3. The van der Waals surface area contributed by atoms with Crippen LogP contribution in [0.1, 0.15) is 5.56 Å². The maximum absolute atomic E-state index is 2.50. The predicted molar refractivity (Wildman–Crippen MR) is 174 cm³/mol. The molecule has 0 unspecified atom stereocenters. The van der Waals surface area contributed by atoms with Gasteiger partial charge in [-0.1, -0.05) is 151 Å². The molecule has 188 valence electrons. The van der Waals surface area contributed by atoms with Crippen LogP contribution in [0.4, 0.5) is 0 Å². The van der Waals surface area contributed by atoms with Crippen LogP contribution in [0, 0.1) is 6.92 Å². The lowest BCUT2D eigenvalue weighted by atomic mass is 10.0. The van der Waals surface area contributed by atoms with Crippen molar-refractivity contribution >= 4 is 47.7 Å². The fourth-order valence-electron chi connectivity index (χ4n) is 5.05. The summed E-state index contributed by atoms with van der Waals surface area (Å²) in [6, 6.07) is 60.3. The molecule has 0 bridgehead atoms. The smallest absolute Gasteiger partial charge is 0.0134 e. The second-order valence-corrected chi connectivity index (χ2v) is 14.1. The van der Waals surface area contributed by atoms with E-state index in [0.29, 0.717) is 0 Å². The molecule has 0 saturated heterocycles. The van der Waals surface area contributed by atoms with Crippen molar-refractivity contribution in [1.29, 1.82) is 0 Å². The molecule has 0 spiro atoms. The summed E-state index contributed by atoms with van der Waals surface area (Å²) in [6.45, 7) is 2.18. The average Bonchev–Trinajstić information content (AvgIpc) is 3.00. The summed E-state index contributed by atoms with van der Waals surface area (Å²) in [5.41, 5.74) is 3.83. The van der Waals surface area contributed by atoms with Gasteiger partial charge in [0.2, 0.25) is 0 Å². The van der Waals surface area contributed by atoms with Crippen molar-refractivity contribution in [2.24, 2.45) is 0 Å². The second-order valence-electron chi connectivity index (χ2n) is 9.62. The highest BCUT2D eigenvalue weighted by molar-refractivity contribution is 7.81. The molecule has 0 aliphatic carbocycles. The van der Waals surface area contributed by atoms with Crippen LogP contribution in [0.2, 0.25) is 0 Å². The molecule has 0 nitrogen and oxygen atoms in total. The Balaban J connectivity index is 1.62. The van der Waals surface area contributed by atoms with Gasteiger partial charge < -0.3 is 0 Å². The van der Waals surface area contributed by atoms with E-state index in [9.17, 15) is 0 Å². The van der Waals surface area contributed by atoms with Gasteiger partial charge in [-0.3, -0.25) is 0 Å². The minimum absolute atomic E-state index is 0.729. The molecule has 0 atom stereocenters. The monoisotopic (exact) mass is 536 g/mol. The zero-order chi connectivity index (χ0) is 26.4. The van der Waals surface area contributed by atoms with Gasteiger partial charge in [-0.15, -0.1) is 0 Å². The lowest BCUT2D eigenvalue weighted by Crippen LogP contribution is -2.26. The lowest BCUT2D eigenvalue weighted by molar-refractivity contribution is 1.47. The number of rotatable bonds is 7. The molecule has 0 aliphatic heterocycles. The molecule has 6 aromatic carbocycles. The highest BCUT2D eigenvalue weighted by Crippen LogP contribution is 2.38. The van der Waals surface area contributed by atoms with Crippen LogP contribution in [0.5, 0.6) is 0 Å². The Morgan fingerprint density at radius 2 is 0.692 bits per heavy atom. The van der Waals surface area contributed by atoms with Crippen LogP contribution in [-0.4, -0.2) is 0 Å². The molecule has 0 N–H and O–H groups in total. The summed E-state index contributed by atoms with van der Waals surface area (Å²) < 4.78 is 0. The lowest BCUT2D eigenvalue weighted by Gasteiger charge is -2.25. The Morgan fingerprint density at radius 3 is 1.05 bits per heavy atom. The summed E-state index contributed by atoms with van der Waals surface area (Å²) in [5.74, 6) is 0. The van der Waals surface area contributed by atoms with Gasteiger partial charge >= 0.3 is 0 Å². The summed E-state index contributed by atoms with van der Waals surface area (Å²) in [6.07, 6.45) is 0. The summed E-state index contributed by atoms with van der Waals surface area (Å²) in [5, 5.41) is 8.25. The van der Waals surface area contributed by atoms with E-state index in [2.05, 4.69) is 171 Å². The van der Waals surface area contributed by atoms with Crippen molar-refractivity contribution in [1.82, 2.24) is 0 Å². The van der Waals surface area contributed by atoms with Crippen molar-refractivity contribution < 1.29 is 0 Å². The first-order valence-corrected chi connectivity index (χ1v) is 16.0. The molecule has 6 rings (SSSR count). The Labute approximate surface area is 234 Å². The minimum atomic E-state index is -0.729. The van der Waals surface area contributed by atoms with Crippen molar-refractivity contribution in [2.75, 3.05) is 0 Å². The van der Waals surface area contributed by atoms with E-state index < -0.39 is 15.8 Å². The molecule has 0 saturated carbocycles. The minimum Gasteiger partial charge on any atom is -0.0622 e. The van der Waals surface area contributed by atoms with Gasteiger partial charge in [0.05, 0.1) is 0 Å². The topological polar surface area (TPSA) is 0 Å². The van der Waals surface area contributed by atoms with Crippen LogP contribution in [0.25, 0.3) is 11.1 Å². The van der Waals surface area contributed by atoms with Gasteiger partial charge in [-0.05, 0) is 83.9 Å². The third kappa shape index (κ3) is 5.79. The van der Waals surface area contributed by atoms with Crippen LogP contribution in [0.15, 0.2) is 164 Å². The molecule has 6 aromatic rings. The maximum Gasteiger partial charge on any atom is -0.0134 e. The molecule has 0 heterocycles. The fraction of sp³-hybridized carbons (Fsp3) is 0.0270. The predicted octanol–water partition coefficient (Wildman–Crippen LogP) is 7.18. The van der Waals surface area contributed by atoms with Crippen LogP contribution in [0.3, 0.4) is 0 Å². The third-order valence-electron chi connectivity index (χ3n) is 6.83. The maximum atomic E-state index is 2.50. The van der Waals surface area contributed by atoms with Gasteiger partial charge in [0.15, 0.2) is 0 Å². The standard InChI is InChI=1S/C37H30P2/c1-29-15-14-16-30(25-29)31-26-36(38(32-17-6-2-7-18-32)33-19-8-3-9-20-33)28-37(27-31)39(34-21-10-4-11-22-34)35-23-12-5-13-24-35/h2-28H,1H3. The number of aryl methyl sites for hydroxylation is 1. The number of benzene rings is 6. The number of hydrogen-bond acceptors (Lipinski definition) is 0. The molecule has 39 heavy (non-hydrogen) atoms. The van der Waals surface area contributed by atoms with E-state index in [-0.39, 0.29) is 0 Å². The van der Waals surface area contributed by atoms with E-state index in [1.54, 1.807) is 0 Å². The zero-order valence-electron chi connectivity index (χ0n) is 22.0. The molecule has 0 fully saturated rings. The van der Waals surface area contributed by atoms with Crippen molar-refractivity contribution in [2.45, 2.75) is 6.92 Å². The van der Waals surface area contributed by atoms with Crippen LogP contribution < -0.4 is 31.8 Å². The van der Waals surface area contributed by atoms with Crippen LogP contribution in [-0.2, 0) is 0 Å². The van der Waals surface area contributed by atoms with Crippen LogP contribution >= 0.6 is 15.8 Å². The first-order chi connectivity index (χ1) is 19.3. The molecule has 0 radical (unpaired) electrons. The summed E-state index contributed by atoms with van der Waals surface area (Å²) in [4.78, 5) is 0. The molecular weight excluding hydrogens is 506 g/mol. The molecule has 0 aliphatic rings. The first kappa shape index (κ1) is 25.5. The highest BCUT2D eigenvalue weighted by Gasteiger charge is 2.22. The normalized spacial score (nSPS) is 11.2. The second kappa shape index (κ2) is 11.9. The van der Waals surface area contributed by atoms with Crippen molar-refractivity contribution in [3.8, 4) is 11.1 Å². The van der Waals surface area contributed by atoms with Gasteiger partial charge in [0.1, 0.15) is 0 Å². The molecule has 2 heteroatoms. The fourth-order valence-corrected chi connectivity index (χ4v) is 9.89. The Bertz CT molecular complexity index is 1470. The summed E-state index contributed by atoms with van der Waals surface area (Å²) in [7, 11) is -1.46. The van der Waals surface area contributed by atoms with E-state index >= 15 is 0 Å². The molecule has 0 aromatic heterocycles. The Kier molecular flexibility index (Phi) is 7.78. The third-order valence-corrected chi connectivity index (χ3v) is 11.6. The molecule has 0 amide bonds. The Morgan fingerprint density at radius 1 is 0.308 bits per heavy atom. The quantitative estimate of drug-likeness (QED) is 0.190. The summed E-state index contributed by atoms with van der Waals surface area (Å²) >= 11 is 0. The van der Waals surface area contributed by atoms with Crippen molar-refractivity contribution in [3.63, 3.8) is 0 Å². The van der Waals surface area contributed by atoms with E-state index in [0.717, 1.165) is 0 Å². The van der Waals surface area contributed by atoms with Crippen molar-refractivity contribution in [3.05, 3.63) is 169 Å². The van der Waals surface area contributed by atoms with Gasteiger partial charge in [-0.25, -0.2) is 0 Å². The van der Waals surface area contributed by atoms with E-state index in [4.69, 9.17) is 0 Å². The largest absolute Gasteiger partial charge is 0.0622 e. The SMILES string of the molecule is Cc1cccc(-c2cc(P(c3ccccc3)c3ccccc3)cc(P(c3ccccc3)c3ccccc3)c2)c1. The average molecular weight is 537 g/mol. The number of hydrogen-bond donors (Lipinski definition) is 0. The van der Waals surface area contributed by atoms with Gasteiger partial charge in [0.25, 0.3) is 0 Å². The van der Waals surface area contributed by atoms with E-state index in [1.807, 2.05) is 0 Å². The van der Waals surface area contributed by atoms with E-state index in [1.165, 1.54) is 48.5 Å². The highest BCUT2D eigenvalue weighted by atomic mass is 31.1.